The third-order valence-electron chi connectivity index (χ3n) is 3.32. The summed E-state index contributed by atoms with van der Waals surface area (Å²) in [6.45, 7) is 1.54. The molecule has 1 aliphatic rings. The van der Waals surface area contributed by atoms with E-state index in [1.165, 1.54) is 25.3 Å². The molecule has 0 spiro atoms. The van der Waals surface area contributed by atoms with Crippen LogP contribution in [-0.2, 0) is 19.1 Å². The molecule has 0 fully saturated rings. The lowest BCUT2D eigenvalue weighted by atomic mass is 9.89. The van der Waals surface area contributed by atoms with Gasteiger partial charge in [0.2, 0.25) is 11.8 Å². The number of allylic oxidation sites excluding steroid dienone is 1. The summed E-state index contributed by atoms with van der Waals surface area (Å²) in [6, 6.07) is 4.56. The quantitative estimate of drug-likeness (QED) is 0.815. The molecule has 2 N–H and O–H groups in total. The molecule has 0 radical (unpaired) electrons. The van der Waals surface area contributed by atoms with Crippen LogP contribution in [0.3, 0.4) is 0 Å². The summed E-state index contributed by atoms with van der Waals surface area (Å²) < 4.78 is 4.69. The molecule has 6 nitrogen and oxygen atoms in total. The standard InChI is InChI=1S/C15H14Cl2N2O4/c1-7-13(15(22)23-2)11(6-12(20)18-7)14(21)19-10-4-8(16)3-9(17)5-10/h3-5,11H,6H2,1-2H3,(H,18,20)(H,19,21)/t11-/m1/s1. The van der Waals surface area contributed by atoms with E-state index in [9.17, 15) is 14.4 Å². The molecule has 1 aromatic rings. The van der Waals surface area contributed by atoms with E-state index in [1.807, 2.05) is 0 Å². The van der Waals surface area contributed by atoms with Gasteiger partial charge in [-0.1, -0.05) is 23.2 Å². The molecule has 0 unspecified atom stereocenters. The lowest BCUT2D eigenvalue weighted by molar-refractivity contribution is -0.139. The summed E-state index contributed by atoms with van der Waals surface area (Å²) in [5.41, 5.74) is 0.801. The van der Waals surface area contributed by atoms with E-state index in [-0.39, 0.29) is 17.9 Å². The minimum Gasteiger partial charge on any atom is -0.466 e. The van der Waals surface area contributed by atoms with Gasteiger partial charge in [0.1, 0.15) is 0 Å². The van der Waals surface area contributed by atoms with Crippen LogP contribution < -0.4 is 10.6 Å². The topological polar surface area (TPSA) is 84.5 Å². The van der Waals surface area contributed by atoms with Crippen LogP contribution in [0.4, 0.5) is 5.69 Å². The highest BCUT2D eigenvalue weighted by Crippen LogP contribution is 2.27. The van der Waals surface area contributed by atoms with Gasteiger partial charge >= 0.3 is 5.97 Å². The third-order valence-corrected chi connectivity index (χ3v) is 3.76. The van der Waals surface area contributed by atoms with Crippen LogP contribution >= 0.6 is 23.2 Å². The fraction of sp³-hybridized carbons (Fsp3) is 0.267. The largest absolute Gasteiger partial charge is 0.466 e. The van der Waals surface area contributed by atoms with E-state index in [4.69, 9.17) is 27.9 Å². The van der Waals surface area contributed by atoms with E-state index < -0.39 is 17.8 Å². The predicted molar refractivity (Wildman–Crippen MR) is 86.1 cm³/mol. The van der Waals surface area contributed by atoms with Gasteiger partial charge in [-0.15, -0.1) is 0 Å². The Labute approximate surface area is 142 Å². The van der Waals surface area contributed by atoms with Crippen molar-refractivity contribution in [3.63, 3.8) is 0 Å². The molecule has 1 atom stereocenters. The SMILES string of the molecule is COC(=O)C1=C(C)NC(=O)C[C@H]1C(=O)Nc1cc(Cl)cc(Cl)c1. The summed E-state index contributed by atoms with van der Waals surface area (Å²) in [4.78, 5) is 36.1. The van der Waals surface area contributed by atoms with Gasteiger partial charge in [0.25, 0.3) is 0 Å². The van der Waals surface area contributed by atoms with Crippen molar-refractivity contribution in [1.29, 1.82) is 0 Å². The molecule has 23 heavy (non-hydrogen) atoms. The average Bonchev–Trinajstić information content (AvgIpc) is 2.44. The first-order valence-corrected chi connectivity index (χ1v) is 7.43. The molecule has 0 aliphatic carbocycles. The zero-order valence-corrected chi connectivity index (χ0v) is 13.9. The molecule has 0 saturated carbocycles. The Bertz CT molecular complexity index is 695. The maximum atomic E-state index is 12.5. The van der Waals surface area contributed by atoms with E-state index in [0.29, 0.717) is 21.4 Å². The van der Waals surface area contributed by atoms with Crippen LogP contribution in [0.1, 0.15) is 13.3 Å². The molecule has 8 heteroatoms. The van der Waals surface area contributed by atoms with Gasteiger partial charge in [-0.25, -0.2) is 4.79 Å². The first kappa shape index (κ1) is 17.3. The Morgan fingerprint density at radius 3 is 2.43 bits per heavy atom. The van der Waals surface area contributed by atoms with E-state index in [0.717, 1.165) is 0 Å². The number of ether oxygens (including phenoxy) is 1. The Morgan fingerprint density at radius 1 is 1.26 bits per heavy atom. The molecule has 2 amide bonds. The fourth-order valence-corrected chi connectivity index (χ4v) is 2.89. The number of nitrogens with one attached hydrogen (secondary N) is 2. The number of halogens is 2. The van der Waals surface area contributed by atoms with Crippen molar-refractivity contribution in [1.82, 2.24) is 5.32 Å². The minimum atomic E-state index is -0.950. The number of rotatable bonds is 3. The van der Waals surface area contributed by atoms with Gasteiger partial charge in [0, 0.05) is 27.9 Å². The highest BCUT2D eigenvalue weighted by atomic mass is 35.5. The molecule has 2 rings (SSSR count). The second-order valence-corrected chi connectivity index (χ2v) is 5.86. The average molecular weight is 357 g/mol. The van der Waals surface area contributed by atoms with Gasteiger partial charge in [-0.2, -0.15) is 0 Å². The Morgan fingerprint density at radius 2 is 1.87 bits per heavy atom. The van der Waals surface area contributed by atoms with Gasteiger partial charge in [0.15, 0.2) is 0 Å². The fourth-order valence-electron chi connectivity index (χ4n) is 2.36. The van der Waals surface area contributed by atoms with Crippen molar-refractivity contribution in [2.24, 2.45) is 5.92 Å². The molecule has 1 heterocycles. The molecule has 1 aromatic carbocycles. The van der Waals surface area contributed by atoms with E-state index >= 15 is 0 Å². The van der Waals surface area contributed by atoms with Gasteiger partial charge < -0.3 is 15.4 Å². The lowest BCUT2D eigenvalue weighted by Crippen LogP contribution is -2.40. The van der Waals surface area contributed by atoms with Crippen LogP contribution in [0.5, 0.6) is 0 Å². The van der Waals surface area contributed by atoms with Crippen molar-refractivity contribution >= 4 is 46.7 Å². The monoisotopic (exact) mass is 356 g/mol. The lowest BCUT2D eigenvalue weighted by Gasteiger charge is -2.25. The molecule has 0 saturated heterocycles. The minimum absolute atomic E-state index is 0.123. The Kier molecular flexibility index (Phi) is 5.28. The molecule has 122 valence electrons. The van der Waals surface area contributed by atoms with E-state index in [1.54, 1.807) is 6.92 Å². The van der Waals surface area contributed by atoms with Crippen molar-refractivity contribution < 1.29 is 19.1 Å². The molecule has 0 bridgehead atoms. The Balaban J connectivity index is 2.30. The number of amides is 2. The van der Waals surface area contributed by atoms with Crippen LogP contribution in [-0.4, -0.2) is 24.9 Å². The summed E-state index contributed by atoms with van der Waals surface area (Å²) in [7, 11) is 1.21. The first-order chi connectivity index (χ1) is 10.8. The first-order valence-electron chi connectivity index (χ1n) is 6.67. The molecule has 1 aliphatic heterocycles. The second kappa shape index (κ2) is 7.02. The highest BCUT2D eigenvalue weighted by Gasteiger charge is 2.36. The number of carbonyl (C=O) groups excluding carboxylic acids is 3. The van der Waals surface area contributed by atoms with Gasteiger partial charge in [-0.05, 0) is 25.1 Å². The number of anilines is 1. The number of esters is 1. The number of methoxy groups -OCH3 is 1. The van der Waals surface area contributed by atoms with Crippen molar-refractivity contribution in [3.8, 4) is 0 Å². The highest BCUT2D eigenvalue weighted by molar-refractivity contribution is 6.35. The predicted octanol–water partition coefficient (Wildman–Crippen LogP) is 2.51. The molecule has 0 aromatic heterocycles. The van der Waals surface area contributed by atoms with Crippen LogP contribution in [0.2, 0.25) is 10.0 Å². The second-order valence-electron chi connectivity index (χ2n) is 4.98. The number of hydrogen-bond donors (Lipinski definition) is 2. The summed E-state index contributed by atoms with van der Waals surface area (Å²) in [5, 5.41) is 5.85. The maximum absolute atomic E-state index is 12.5. The summed E-state index contributed by atoms with van der Waals surface area (Å²) in [5.74, 6) is -2.47. The van der Waals surface area contributed by atoms with Crippen molar-refractivity contribution in [2.75, 3.05) is 12.4 Å². The maximum Gasteiger partial charge on any atom is 0.336 e. The van der Waals surface area contributed by atoms with Gasteiger partial charge in [-0.3, -0.25) is 9.59 Å². The Hall–Kier alpha value is -2.05. The molecular weight excluding hydrogens is 343 g/mol. The number of carbonyl (C=O) groups is 3. The number of benzene rings is 1. The van der Waals surface area contributed by atoms with Crippen molar-refractivity contribution in [2.45, 2.75) is 13.3 Å². The molecular formula is C15H14Cl2N2O4. The smallest absolute Gasteiger partial charge is 0.336 e. The third kappa shape index (κ3) is 4.03. The zero-order chi connectivity index (χ0) is 17.1. The van der Waals surface area contributed by atoms with Crippen molar-refractivity contribution in [3.05, 3.63) is 39.5 Å². The van der Waals surface area contributed by atoms with E-state index in [2.05, 4.69) is 10.6 Å². The van der Waals surface area contributed by atoms with Crippen LogP contribution in [0.15, 0.2) is 29.5 Å². The van der Waals surface area contributed by atoms with Gasteiger partial charge in [0.05, 0.1) is 18.6 Å². The summed E-state index contributed by atoms with van der Waals surface area (Å²) in [6.07, 6.45) is -0.151. The van der Waals surface area contributed by atoms with Crippen LogP contribution in [0, 0.1) is 5.92 Å². The summed E-state index contributed by atoms with van der Waals surface area (Å²) >= 11 is 11.8. The normalized spacial score (nSPS) is 17.6. The number of hydrogen-bond acceptors (Lipinski definition) is 4. The zero-order valence-electron chi connectivity index (χ0n) is 12.4. The van der Waals surface area contributed by atoms with Crippen LogP contribution in [0.25, 0.3) is 0 Å².